The number of halogens is 4. The molecule has 2 rings (SSSR count). The second kappa shape index (κ2) is 5.76. The Bertz CT molecular complexity index is 695. The first-order chi connectivity index (χ1) is 9.43. The molecule has 1 heterocycles. The lowest BCUT2D eigenvalue weighted by Crippen LogP contribution is -2.14. The normalized spacial score (nSPS) is 10.8. The summed E-state index contributed by atoms with van der Waals surface area (Å²) in [7, 11) is 1.41. The van der Waals surface area contributed by atoms with Gasteiger partial charge in [0.2, 0.25) is 0 Å². The summed E-state index contributed by atoms with van der Waals surface area (Å²) >= 11 is 3.03. The molecule has 0 atom stereocenters. The average molecular weight is 349 g/mol. The minimum Gasteiger partial charge on any atom is -0.378 e. The van der Waals surface area contributed by atoms with E-state index in [4.69, 9.17) is 4.74 Å². The van der Waals surface area contributed by atoms with Crippen LogP contribution in [0.3, 0.4) is 0 Å². The zero-order chi connectivity index (χ0) is 14.9. The van der Waals surface area contributed by atoms with Crippen LogP contribution in [-0.4, -0.2) is 17.1 Å². The summed E-state index contributed by atoms with van der Waals surface area (Å²) in [5.74, 6) is -4.38. The largest absolute Gasteiger partial charge is 0.378 e. The molecule has 0 radical (unpaired) electrons. The lowest BCUT2D eigenvalue weighted by atomic mass is 10.2. The van der Waals surface area contributed by atoms with E-state index < -0.39 is 23.0 Å². The van der Waals surface area contributed by atoms with Crippen LogP contribution < -0.4 is 5.56 Å². The smallest absolute Gasteiger partial charge is 0.265 e. The van der Waals surface area contributed by atoms with E-state index in [9.17, 15) is 18.0 Å². The maximum atomic E-state index is 13.2. The predicted molar refractivity (Wildman–Crippen MR) is 68.6 cm³/mol. The summed E-state index contributed by atoms with van der Waals surface area (Å²) < 4.78 is 44.3. The van der Waals surface area contributed by atoms with E-state index in [1.54, 1.807) is 0 Å². The van der Waals surface area contributed by atoms with E-state index in [-0.39, 0.29) is 28.2 Å². The monoisotopic (exact) mass is 348 g/mol. The minimum atomic E-state index is -1.58. The molecule has 0 saturated heterocycles. The van der Waals surface area contributed by atoms with E-state index in [0.29, 0.717) is 0 Å². The maximum Gasteiger partial charge on any atom is 0.265 e. The summed E-state index contributed by atoms with van der Waals surface area (Å²) in [6.45, 7) is 0.0314. The number of methoxy groups -OCH3 is 1. The third-order valence-corrected chi connectivity index (χ3v) is 3.29. The van der Waals surface area contributed by atoms with Crippen LogP contribution in [0.5, 0.6) is 0 Å². The fourth-order valence-corrected chi connectivity index (χ4v) is 1.87. The van der Waals surface area contributed by atoms with Gasteiger partial charge in [0.05, 0.1) is 12.3 Å². The Kier molecular flexibility index (Phi) is 4.24. The van der Waals surface area contributed by atoms with Crippen molar-refractivity contribution in [2.75, 3.05) is 7.11 Å². The predicted octanol–water partition coefficient (Wildman–Crippen LogP) is 2.76. The van der Waals surface area contributed by atoms with Gasteiger partial charge < -0.3 is 9.72 Å². The van der Waals surface area contributed by atoms with Crippen molar-refractivity contribution in [3.05, 3.63) is 50.1 Å². The molecule has 4 nitrogen and oxygen atoms in total. The van der Waals surface area contributed by atoms with E-state index in [1.165, 1.54) is 7.11 Å². The second-order valence-electron chi connectivity index (χ2n) is 3.86. The molecule has 0 unspecified atom stereocenters. The van der Waals surface area contributed by atoms with Gasteiger partial charge in [0, 0.05) is 12.7 Å². The molecule has 0 aliphatic heterocycles. The summed E-state index contributed by atoms with van der Waals surface area (Å²) in [6.07, 6.45) is 0. The first kappa shape index (κ1) is 14.7. The summed E-state index contributed by atoms with van der Waals surface area (Å²) in [6, 6.07) is 1.50. The summed E-state index contributed by atoms with van der Waals surface area (Å²) in [5.41, 5.74) is -0.355. The molecule has 1 aromatic heterocycles. The highest BCUT2D eigenvalue weighted by Crippen LogP contribution is 2.22. The minimum absolute atomic E-state index is 0.0314. The van der Waals surface area contributed by atoms with Crippen molar-refractivity contribution in [2.45, 2.75) is 6.61 Å². The molecule has 2 aromatic rings. The van der Waals surface area contributed by atoms with Crippen LogP contribution in [0.4, 0.5) is 13.2 Å². The van der Waals surface area contributed by atoms with Gasteiger partial charge in [0.15, 0.2) is 17.5 Å². The van der Waals surface area contributed by atoms with Crippen LogP contribution in [0, 0.1) is 17.5 Å². The van der Waals surface area contributed by atoms with Gasteiger partial charge in [-0.25, -0.2) is 18.2 Å². The molecule has 106 valence electrons. The van der Waals surface area contributed by atoms with E-state index in [1.807, 2.05) is 0 Å². The lowest BCUT2D eigenvalue weighted by molar-refractivity contribution is 0.180. The van der Waals surface area contributed by atoms with Crippen molar-refractivity contribution in [1.29, 1.82) is 0 Å². The number of ether oxygens (including phenoxy) is 1. The van der Waals surface area contributed by atoms with E-state index >= 15 is 0 Å². The van der Waals surface area contributed by atoms with Crippen molar-refractivity contribution in [2.24, 2.45) is 0 Å². The first-order valence-corrected chi connectivity index (χ1v) is 6.16. The summed E-state index contributed by atoms with van der Waals surface area (Å²) in [4.78, 5) is 18.0. The van der Waals surface area contributed by atoms with Crippen molar-refractivity contribution >= 4 is 15.9 Å². The van der Waals surface area contributed by atoms with Crippen LogP contribution >= 0.6 is 15.9 Å². The first-order valence-electron chi connectivity index (χ1n) is 5.36. The molecular formula is C12H8BrF3N2O2. The molecule has 0 aliphatic carbocycles. The van der Waals surface area contributed by atoms with Crippen molar-refractivity contribution in [3.63, 3.8) is 0 Å². The standard InChI is InChI=1S/C12H8BrF3N2O2/c1-20-4-8-9(13)12(19)18-11(17-8)5-2-6(14)10(16)7(15)3-5/h2-3H,4H2,1H3,(H,17,18,19). The molecule has 0 saturated carbocycles. The molecular weight excluding hydrogens is 341 g/mol. The van der Waals surface area contributed by atoms with Gasteiger partial charge in [-0.05, 0) is 28.1 Å². The van der Waals surface area contributed by atoms with Gasteiger partial charge in [-0.1, -0.05) is 0 Å². The Hall–Kier alpha value is -1.67. The van der Waals surface area contributed by atoms with Gasteiger partial charge in [0.1, 0.15) is 10.3 Å². The highest BCUT2D eigenvalue weighted by Gasteiger charge is 2.15. The SMILES string of the molecule is COCc1nc(-c2cc(F)c(F)c(F)c2)[nH]c(=O)c1Br. The fourth-order valence-electron chi connectivity index (χ4n) is 1.57. The molecule has 0 bridgehead atoms. The van der Waals surface area contributed by atoms with Crippen LogP contribution in [0.1, 0.15) is 5.69 Å². The van der Waals surface area contributed by atoms with Gasteiger partial charge in [-0.3, -0.25) is 4.79 Å². The van der Waals surface area contributed by atoms with Gasteiger partial charge >= 0.3 is 0 Å². The topological polar surface area (TPSA) is 55.0 Å². The molecule has 0 fully saturated rings. The Morgan fingerprint density at radius 2 is 1.90 bits per heavy atom. The number of hydrogen-bond acceptors (Lipinski definition) is 3. The molecule has 0 aliphatic rings. The molecule has 0 spiro atoms. The Morgan fingerprint density at radius 3 is 2.45 bits per heavy atom. The second-order valence-corrected chi connectivity index (χ2v) is 4.66. The molecule has 8 heteroatoms. The average Bonchev–Trinajstić information content (AvgIpc) is 2.40. The highest BCUT2D eigenvalue weighted by molar-refractivity contribution is 9.10. The van der Waals surface area contributed by atoms with Crippen LogP contribution in [-0.2, 0) is 11.3 Å². The Labute approximate surface area is 119 Å². The third-order valence-electron chi connectivity index (χ3n) is 2.47. The van der Waals surface area contributed by atoms with Gasteiger partial charge in [-0.2, -0.15) is 0 Å². The van der Waals surface area contributed by atoms with E-state index in [0.717, 1.165) is 12.1 Å². The van der Waals surface area contributed by atoms with Crippen molar-refractivity contribution in [1.82, 2.24) is 9.97 Å². The number of nitrogens with zero attached hydrogens (tertiary/aromatic N) is 1. The van der Waals surface area contributed by atoms with Crippen molar-refractivity contribution < 1.29 is 17.9 Å². The molecule has 1 N–H and O–H groups in total. The zero-order valence-electron chi connectivity index (χ0n) is 10.1. The zero-order valence-corrected chi connectivity index (χ0v) is 11.7. The summed E-state index contributed by atoms with van der Waals surface area (Å²) in [5, 5.41) is 0. The number of H-pyrrole nitrogens is 1. The molecule has 0 amide bonds. The quantitative estimate of drug-likeness (QED) is 0.867. The fraction of sp³-hybridized carbons (Fsp3) is 0.167. The van der Waals surface area contributed by atoms with Crippen LogP contribution in [0.25, 0.3) is 11.4 Å². The molecule has 20 heavy (non-hydrogen) atoms. The number of aromatic amines is 1. The Morgan fingerprint density at radius 1 is 1.30 bits per heavy atom. The highest BCUT2D eigenvalue weighted by atomic mass is 79.9. The van der Waals surface area contributed by atoms with Crippen LogP contribution in [0.2, 0.25) is 0 Å². The van der Waals surface area contributed by atoms with Gasteiger partial charge in [0.25, 0.3) is 5.56 Å². The van der Waals surface area contributed by atoms with Crippen LogP contribution in [0.15, 0.2) is 21.4 Å². The van der Waals surface area contributed by atoms with Crippen molar-refractivity contribution in [3.8, 4) is 11.4 Å². The number of nitrogens with one attached hydrogen (secondary N) is 1. The third kappa shape index (κ3) is 2.75. The maximum absolute atomic E-state index is 13.2. The number of benzene rings is 1. The number of aromatic nitrogens is 2. The van der Waals surface area contributed by atoms with E-state index in [2.05, 4.69) is 25.9 Å². The lowest BCUT2D eigenvalue weighted by Gasteiger charge is -2.07. The number of rotatable bonds is 3. The molecule has 1 aromatic carbocycles. The Balaban J connectivity index is 2.61. The van der Waals surface area contributed by atoms with Gasteiger partial charge in [-0.15, -0.1) is 0 Å². The number of hydrogen-bond donors (Lipinski definition) is 1.